The Morgan fingerprint density at radius 1 is 1.53 bits per heavy atom. The Balaban J connectivity index is 2.56. The molecule has 15 heavy (non-hydrogen) atoms. The predicted octanol–water partition coefficient (Wildman–Crippen LogP) is 2.61. The van der Waals surface area contributed by atoms with E-state index in [0.717, 1.165) is 29.6 Å². The average Bonchev–Trinajstić information content (AvgIpc) is 2.18. The maximum Gasteiger partial charge on any atom is 0.139 e. The number of hydrogen-bond acceptors (Lipinski definition) is 3. The van der Waals surface area contributed by atoms with Crippen molar-refractivity contribution in [2.45, 2.75) is 25.9 Å². The summed E-state index contributed by atoms with van der Waals surface area (Å²) in [5, 5.41) is 3.13. The molecule has 84 valence electrons. The van der Waals surface area contributed by atoms with Gasteiger partial charge in [-0.3, -0.25) is 4.98 Å². The first kappa shape index (κ1) is 12.5. The van der Waals surface area contributed by atoms with Crippen LogP contribution in [0.5, 0.6) is 5.75 Å². The molecule has 0 fully saturated rings. The molecule has 4 heteroatoms. The minimum atomic E-state index is 0.219. The summed E-state index contributed by atoms with van der Waals surface area (Å²) in [7, 11) is 1.94. The summed E-state index contributed by atoms with van der Waals surface area (Å²) in [4.78, 5) is 4.07. The quantitative estimate of drug-likeness (QED) is 0.865. The normalized spacial score (nSPS) is 12.5. The molecule has 1 N–H and O–H groups in total. The average molecular weight is 273 g/mol. The highest BCUT2D eigenvalue weighted by molar-refractivity contribution is 9.10. The highest BCUT2D eigenvalue weighted by atomic mass is 79.9. The number of ether oxygens (including phenoxy) is 1. The van der Waals surface area contributed by atoms with Crippen molar-refractivity contribution in [3.05, 3.63) is 22.9 Å². The highest BCUT2D eigenvalue weighted by Crippen LogP contribution is 2.18. The topological polar surface area (TPSA) is 34.1 Å². The second-order valence-corrected chi connectivity index (χ2v) is 4.34. The van der Waals surface area contributed by atoms with E-state index in [1.807, 2.05) is 13.1 Å². The van der Waals surface area contributed by atoms with E-state index in [4.69, 9.17) is 4.74 Å². The molecule has 1 atom stereocenters. The van der Waals surface area contributed by atoms with Crippen molar-refractivity contribution in [2.24, 2.45) is 0 Å². The fourth-order valence-corrected chi connectivity index (χ4v) is 1.75. The summed E-state index contributed by atoms with van der Waals surface area (Å²) in [5.41, 5.74) is 0. The number of pyridine rings is 1. The number of hydrogen-bond donors (Lipinski definition) is 1. The third-order valence-electron chi connectivity index (χ3n) is 2.02. The number of likely N-dealkylation sites (N-methyl/N-ethyl adjacent to an activating group) is 1. The molecule has 1 aromatic rings. The van der Waals surface area contributed by atoms with Crippen molar-refractivity contribution < 1.29 is 4.74 Å². The van der Waals surface area contributed by atoms with Gasteiger partial charge in [0.25, 0.3) is 0 Å². The Kier molecular flexibility index (Phi) is 5.65. The van der Waals surface area contributed by atoms with Crippen LogP contribution in [-0.4, -0.2) is 24.7 Å². The fraction of sp³-hybridized carbons (Fsp3) is 0.545. The molecule has 0 amide bonds. The van der Waals surface area contributed by atoms with E-state index in [2.05, 4.69) is 33.2 Å². The molecule has 1 heterocycles. The van der Waals surface area contributed by atoms with Crippen molar-refractivity contribution in [2.75, 3.05) is 13.6 Å². The van der Waals surface area contributed by atoms with Crippen LogP contribution in [0.2, 0.25) is 0 Å². The number of rotatable bonds is 6. The molecular formula is C11H17BrN2O. The first-order valence-corrected chi connectivity index (χ1v) is 5.97. The largest absolute Gasteiger partial charge is 0.487 e. The molecule has 0 aliphatic rings. The summed E-state index contributed by atoms with van der Waals surface area (Å²) in [6.07, 6.45) is 5.88. The zero-order chi connectivity index (χ0) is 11.1. The van der Waals surface area contributed by atoms with Gasteiger partial charge in [-0.1, -0.05) is 13.3 Å². The molecule has 0 spiro atoms. The Morgan fingerprint density at radius 3 is 2.93 bits per heavy atom. The summed E-state index contributed by atoms with van der Waals surface area (Å²) >= 11 is 3.37. The van der Waals surface area contributed by atoms with Gasteiger partial charge in [-0.25, -0.2) is 0 Å². The number of halogens is 1. The van der Waals surface area contributed by atoms with Gasteiger partial charge in [0.15, 0.2) is 0 Å². The van der Waals surface area contributed by atoms with Gasteiger partial charge in [0, 0.05) is 17.2 Å². The monoisotopic (exact) mass is 272 g/mol. The maximum absolute atomic E-state index is 5.82. The molecule has 0 aliphatic heterocycles. The molecule has 0 bridgehead atoms. The maximum atomic E-state index is 5.82. The Morgan fingerprint density at radius 2 is 2.33 bits per heavy atom. The lowest BCUT2D eigenvalue weighted by atomic mass is 10.2. The van der Waals surface area contributed by atoms with E-state index >= 15 is 0 Å². The predicted molar refractivity (Wildman–Crippen MR) is 65.2 cm³/mol. The molecule has 0 saturated heterocycles. The summed E-state index contributed by atoms with van der Waals surface area (Å²) in [6.45, 7) is 3.02. The van der Waals surface area contributed by atoms with E-state index in [0.29, 0.717) is 0 Å². The van der Waals surface area contributed by atoms with Gasteiger partial charge >= 0.3 is 0 Å². The lowest BCUT2D eigenvalue weighted by Crippen LogP contribution is -2.29. The van der Waals surface area contributed by atoms with E-state index in [-0.39, 0.29) is 6.10 Å². The molecule has 0 radical (unpaired) electrons. The van der Waals surface area contributed by atoms with Gasteiger partial charge in [-0.2, -0.15) is 0 Å². The first-order chi connectivity index (χ1) is 7.26. The van der Waals surface area contributed by atoms with E-state index in [1.165, 1.54) is 0 Å². The van der Waals surface area contributed by atoms with Gasteiger partial charge in [-0.15, -0.1) is 0 Å². The number of nitrogens with one attached hydrogen (secondary N) is 1. The Labute approximate surface area is 99.4 Å². The van der Waals surface area contributed by atoms with Crippen LogP contribution < -0.4 is 10.1 Å². The van der Waals surface area contributed by atoms with E-state index in [1.54, 1.807) is 12.4 Å². The van der Waals surface area contributed by atoms with Crippen LogP contribution in [-0.2, 0) is 0 Å². The minimum absolute atomic E-state index is 0.219. The zero-order valence-corrected chi connectivity index (χ0v) is 10.8. The smallest absolute Gasteiger partial charge is 0.139 e. The van der Waals surface area contributed by atoms with Crippen LogP contribution in [0.3, 0.4) is 0 Å². The second kappa shape index (κ2) is 6.80. The van der Waals surface area contributed by atoms with Crippen LogP contribution in [0.25, 0.3) is 0 Å². The molecule has 0 saturated carbocycles. The van der Waals surface area contributed by atoms with Crippen molar-refractivity contribution in [3.63, 3.8) is 0 Å². The standard InChI is InChI=1S/C11H17BrN2O/c1-3-4-10(7-13-2)15-11-5-9(12)6-14-8-11/h5-6,8,10,13H,3-4,7H2,1-2H3. The van der Waals surface area contributed by atoms with Gasteiger partial charge in [-0.05, 0) is 35.5 Å². The van der Waals surface area contributed by atoms with Crippen molar-refractivity contribution in [1.82, 2.24) is 10.3 Å². The molecule has 1 aromatic heterocycles. The zero-order valence-electron chi connectivity index (χ0n) is 9.16. The lowest BCUT2D eigenvalue weighted by Gasteiger charge is -2.17. The summed E-state index contributed by atoms with van der Waals surface area (Å²) < 4.78 is 6.77. The van der Waals surface area contributed by atoms with Crippen LogP contribution in [0.4, 0.5) is 0 Å². The third kappa shape index (κ3) is 4.62. The van der Waals surface area contributed by atoms with Gasteiger partial charge in [0.2, 0.25) is 0 Å². The SMILES string of the molecule is CCCC(CNC)Oc1cncc(Br)c1. The molecular weight excluding hydrogens is 256 g/mol. The third-order valence-corrected chi connectivity index (χ3v) is 2.46. The Bertz CT molecular complexity index is 288. The summed E-state index contributed by atoms with van der Waals surface area (Å²) in [5.74, 6) is 0.818. The minimum Gasteiger partial charge on any atom is -0.487 e. The number of aromatic nitrogens is 1. The second-order valence-electron chi connectivity index (χ2n) is 3.43. The molecule has 0 aliphatic carbocycles. The van der Waals surface area contributed by atoms with E-state index in [9.17, 15) is 0 Å². The van der Waals surface area contributed by atoms with Crippen molar-refractivity contribution >= 4 is 15.9 Å². The molecule has 0 aromatic carbocycles. The van der Waals surface area contributed by atoms with Crippen LogP contribution >= 0.6 is 15.9 Å². The van der Waals surface area contributed by atoms with E-state index < -0.39 is 0 Å². The van der Waals surface area contributed by atoms with Gasteiger partial charge in [0.05, 0.1) is 6.20 Å². The Hall–Kier alpha value is -0.610. The lowest BCUT2D eigenvalue weighted by molar-refractivity contribution is 0.188. The van der Waals surface area contributed by atoms with Crippen LogP contribution in [0, 0.1) is 0 Å². The molecule has 3 nitrogen and oxygen atoms in total. The van der Waals surface area contributed by atoms with Gasteiger partial charge in [0.1, 0.15) is 11.9 Å². The first-order valence-electron chi connectivity index (χ1n) is 5.18. The highest BCUT2D eigenvalue weighted by Gasteiger charge is 2.08. The molecule has 1 rings (SSSR count). The van der Waals surface area contributed by atoms with Gasteiger partial charge < -0.3 is 10.1 Å². The van der Waals surface area contributed by atoms with Crippen molar-refractivity contribution in [3.8, 4) is 5.75 Å². The van der Waals surface area contributed by atoms with Crippen LogP contribution in [0.1, 0.15) is 19.8 Å². The van der Waals surface area contributed by atoms with Crippen LogP contribution in [0.15, 0.2) is 22.9 Å². The summed E-state index contributed by atoms with van der Waals surface area (Å²) in [6, 6.07) is 1.94. The number of nitrogens with zero attached hydrogens (tertiary/aromatic N) is 1. The fourth-order valence-electron chi connectivity index (χ4n) is 1.40. The van der Waals surface area contributed by atoms with Crippen molar-refractivity contribution in [1.29, 1.82) is 0 Å². The molecule has 1 unspecified atom stereocenters.